The highest BCUT2D eigenvalue weighted by Crippen LogP contribution is 2.31. The lowest BCUT2D eigenvalue weighted by Gasteiger charge is -2.26. The Morgan fingerprint density at radius 2 is 1.89 bits per heavy atom. The Morgan fingerprint density at radius 3 is 2.50 bits per heavy atom. The molecule has 1 heterocycles. The van der Waals surface area contributed by atoms with Gasteiger partial charge in [-0.1, -0.05) is 44.2 Å². The van der Waals surface area contributed by atoms with Gasteiger partial charge in [0.05, 0.1) is 10.8 Å². The van der Waals surface area contributed by atoms with Crippen molar-refractivity contribution in [1.82, 2.24) is 20.1 Å². The summed E-state index contributed by atoms with van der Waals surface area (Å²) in [5.74, 6) is -0.128. The van der Waals surface area contributed by atoms with Crippen LogP contribution in [-0.4, -0.2) is 64.0 Å². The van der Waals surface area contributed by atoms with Gasteiger partial charge in [0.15, 0.2) is 11.6 Å². The number of carbonyl (C=O) groups is 1. The molecular formula is C26H32N6O5S. The highest BCUT2D eigenvalue weighted by atomic mass is 32.2. The van der Waals surface area contributed by atoms with E-state index in [1.807, 2.05) is 50.2 Å². The van der Waals surface area contributed by atoms with E-state index in [9.17, 15) is 23.0 Å². The number of nitriles is 1. The number of aromatic nitrogens is 3. The number of primary amides is 1. The molecule has 1 unspecified atom stereocenters. The largest absolute Gasteiger partial charge is 0.410 e. The molecule has 202 valence electrons. The van der Waals surface area contributed by atoms with E-state index in [-0.39, 0.29) is 23.6 Å². The minimum absolute atomic E-state index is 0.00286. The first-order valence-corrected chi connectivity index (χ1v) is 13.8. The molecule has 4 N–H and O–H groups in total. The Hall–Kier alpha value is -3.79. The van der Waals surface area contributed by atoms with Crippen LogP contribution in [0, 0.1) is 11.3 Å². The lowest BCUT2D eigenvalue weighted by molar-refractivity contribution is 0.210. The average molecular weight is 541 g/mol. The Bertz CT molecular complexity index is 1370. The lowest BCUT2D eigenvalue weighted by atomic mass is 9.93. The van der Waals surface area contributed by atoms with Gasteiger partial charge in [0, 0.05) is 11.5 Å². The number of benzene rings is 2. The zero-order valence-electron chi connectivity index (χ0n) is 21.4. The van der Waals surface area contributed by atoms with E-state index >= 15 is 0 Å². The van der Waals surface area contributed by atoms with Crippen molar-refractivity contribution in [2.24, 2.45) is 5.73 Å². The molecule has 11 nitrogen and oxygen atoms in total. The van der Waals surface area contributed by atoms with E-state index < -0.39 is 27.4 Å². The van der Waals surface area contributed by atoms with E-state index in [1.54, 1.807) is 6.07 Å². The van der Waals surface area contributed by atoms with Crippen molar-refractivity contribution in [3.63, 3.8) is 0 Å². The van der Waals surface area contributed by atoms with E-state index in [1.165, 1.54) is 12.1 Å². The Kier molecular flexibility index (Phi) is 9.95. The summed E-state index contributed by atoms with van der Waals surface area (Å²) in [6.07, 6.45) is 0.136. The molecule has 0 radical (unpaired) electrons. The van der Waals surface area contributed by atoms with Crippen LogP contribution in [-0.2, 0) is 16.5 Å². The fourth-order valence-corrected chi connectivity index (χ4v) is 5.48. The molecule has 0 aliphatic heterocycles. The first-order chi connectivity index (χ1) is 18.2. The molecular weight excluding hydrogens is 508 g/mol. The molecule has 1 aromatic heterocycles. The van der Waals surface area contributed by atoms with Gasteiger partial charge >= 0.3 is 6.09 Å². The fraction of sp³-hybridized carbons (Fsp3) is 0.385. The maximum absolute atomic E-state index is 12.6. The molecule has 38 heavy (non-hydrogen) atoms. The van der Waals surface area contributed by atoms with E-state index in [4.69, 9.17) is 10.5 Å². The number of carbonyl (C=O) groups excluding carboxylic acids is 1. The van der Waals surface area contributed by atoms with Crippen molar-refractivity contribution in [3.05, 3.63) is 65.5 Å². The molecule has 0 saturated heterocycles. The van der Waals surface area contributed by atoms with E-state index in [0.29, 0.717) is 30.8 Å². The molecule has 0 aliphatic rings. The molecule has 1 amide bonds. The summed E-state index contributed by atoms with van der Waals surface area (Å²) in [6, 6.07) is 16.0. The van der Waals surface area contributed by atoms with Crippen molar-refractivity contribution in [3.8, 4) is 23.2 Å². The predicted molar refractivity (Wildman–Crippen MR) is 142 cm³/mol. The smallest absolute Gasteiger partial charge is 0.409 e. The van der Waals surface area contributed by atoms with Gasteiger partial charge < -0.3 is 15.4 Å². The second kappa shape index (κ2) is 13.1. The van der Waals surface area contributed by atoms with Gasteiger partial charge in [0.25, 0.3) is 10.1 Å². The Labute approximate surface area is 222 Å². The van der Waals surface area contributed by atoms with Crippen LogP contribution >= 0.6 is 0 Å². The van der Waals surface area contributed by atoms with Gasteiger partial charge in [0.1, 0.15) is 11.9 Å². The number of ether oxygens (including phenoxy) is 1. The Morgan fingerprint density at radius 1 is 1.18 bits per heavy atom. The maximum atomic E-state index is 12.6. The van der Waals surface area contributed by atoms with Crippen LogP contribution in [0.4, 0.5) is 4.79 Å². The van der Waals surface area contributed by atoms with Crippen molar-refractivity contribution in [1.29, 1.82) is 5.26 Å². The highest BCUT2D eigenvalue weighted by molar-refractivity contribution is 7.86. The van der Waals surface area contributed by atoms with Crippen LogP contribution in [0.2, 0.25) is 0 Å². The summed E-state index contributed by atoms with van der Waals surface area (Å²) in [6.45, 7) is 6.00. The molecule has 0 aliphatic carbocycles. The molecule has 2 atom stereocenters. The van der Waals surface area contributed by atoms with Crippen molar-refractivity contribution in [2.75, 3.05) is 19.6 Å². The number of hydrogen-bond donors (Lipinski definition) is 3. The summed E-state index contributed by atoms with van der Waals surface area (Å²) in [7, 11) is -4.43. The number of nitrogens with two attached hydrogens (primary N) is 1. The predicted octanol–water partition coefficient (Wildman–Crippen LogP) is 3.51. The first kappa shape index (κ1) is 28.8. The Balaban J connectivity index is 1.97. The number of hydrogen-bond acceptors (Lipinski definition) is 8. The van der Waals surface area contributed by atoms with Crippen molar-refractivity contribution < 1.29 is 22.5 Å². The molecule has 0 spiro atoms. The third-order valence-electron chi connectivity index (χ3n) is 6.47. The van der Waals surface area contributed by atoms with Gasteiger partial charge in [-0.3, -0.25) is 9.65 Å². The summed E-state index contributed by atoms with van der Waals surface area (Å²) in [5.41, 5.74) is 6.59. The van der Waals surface area contributed by atoms with Crippen LogP contribution in [0.15, 0.2) is 48.5 Å². The number of nitrogens with zero attached hydrogens (tertiary/aromatic N) is 4. The zero-order valence-corrected chi connectivity index (χ0v) is 22.2. The number of amides is 1. The second-order valence-corrected chi connectivity index (χ2v) is 10.4. The molecule has 12 heteroatoms. The van der Waals surface area contributed by atoms with Gasteiger partial charge in [0.2, 0.25) is 0 Å². The highest BCUT2D eigenvalue weighted by Gasteiger charge is 2.35. The number of aryl methyl sites for hydroxylation is 1. The number of nitrogens with one attached hydrogen (secondary N) is 1. The molecule has 0 saturated carbocycles. The first-order valence-electron chi connectivity index (χ1n) is 12.3. The maximum Gasteiger partial charge on any atom is 0.410 e. The minimum atomic E-state index is -4.43. The third kappa shape index (κ3) is 7.61. The SMILES string of the molecule is CCN(CC)CCC([C@H](CCc1ccccc1)c1nc(-c2ccc(OC(N)=O)c(C#N)c2)n[nH]1)S(=O)(=O)O. The lowest BCUT2D eigenvalue weighted by Crippen LogP contribution is -2.34. The molecule has 3 aromatic rings. The number of rotatable bonds is 13. The normalized spacial score (nSPS) is 13.1. The van der Waals surface area contributed by atoms with Gasteiger partial charge in [-0.25, -0.2) is 9.78 Å². The summed E-state index contributed by atoms with van der Waals surface area (Å²) in [5, 5.41) is 15.5. The van der Waals surface area contributed by atoms with Crippen LogP contribution in [0.25, 0.3) is 11.4 Å². The minimum Gasteiger partial charge on any atom is -0.409 e. The topological polar surface area (TPSA) is 175 Å². The third-order valence-corrected chi connectivity index (χ3v) is 7.79. The quantitative estimate of drug-likeness (QED) is 0.274. The van der Waals surface area contributed by atoms with Gasteiger partial charge in [-0.2, -0.15) is 18.8 Å². The number of H-pyrrole nitrogens is 1. The van der Waals surface area contributed by atoms with Crippen LogP contribution in [0.5, 0.6) is 5.75 Å². The monoisotopic (exact) mass is 540 g/mol. The molecule has 0 fully saturated rings. The van der Waals surface area contributed by atoms with Crippen molar-refractivity contribution >= 4 is 16.2 Å². The van der Waals surface area contributed by atoms with Crippen LogP contribution in [0.3, 0.4) is 0 Å². The van der Waals surface area contributed by atoms with Gasteiger partial charge in [-0.15, -0.1) is 0 Å². The second-order valence-electron chi connectivity index (χ2n) is 8.79. The standard InChI is InChI=1S/C26H32N6O5S/c1-3-32(4-2)15-14-23(38(34,35)36)21(12-10-18-8-6-5-7-9-18)25-29-24(30-31-25)19-11-13-22(37-26(28)33)20(16-19)17-27/h5-9,11,13,16,21,23H,3-4,10,12,14-15H2,1-2H3,(H2,28,33)(H,29,30,31)(H,34,35,36)/t21-,23?/m0/s1. The van der Waals surface area contributed by atoms with E-state index in [2.05, 4.69) is 20.1 Å². The summed E-state index contributed by atoms with van der Waals surface area (Å²) >= 11 is 0. The van der Waals surface area contributed by atoms with E-state index in [0.717, 1.165) is 18.7 Å². The summed E-state index contributed by atoms with van der Waals surface area (Å²) < 4.78 is 40.4. The number of aromatic amines is 1. The van der Waals surface area contributed by atoms with Crippen LogP contribution < -0.4 is 10.5 Å². The van der Waals surface area contributed by atoms with Crippen LogP contribution in [0.1, 0.15) is 49.6 Å². The van der Waals surface area contributed by atoms with Crippen molar-refractivity contribution in [2.45, 2.75) is 44.3 Å². The van der Waals surface area contributed by atoms with Gasteiger partial charge in [-0.05, 0) is 62.7 Å². The zero-order chi connectivity index (χ0) is 27.7. The summed E-state index contributed by atoms with van der Waals surface area (Å²) in [4.78, 5) is 17.8. The average Bonchev–Trinajstić information content (AvgIpc) is 3.38. The fourth-order valence-electron chi connectivity index (χ4n) is 4.40. The molecule has 2 aromatic carbocycles. The molecule has 0 bridgehead atoms. The molecule has 3 rings (SSSR count).